The number of hydrogen-bond acceptors (Lipinski definition) is 5. The molecule has 1 saturated carbocycles. The summed E-state index contributed by atoms with van der Waals surface area (Å²) in [7, 11) is 1.86. The van der Waals surface area contributed by atoms with Crippen molar-refractivity contribution >= 4 is 11.9 Å². The van der Waals surface area contributed by atoms with Crippen LogP contribution in [0.2, 0.25) is 0 Å². The normalized spacial score (nSPS) is 19.6. The van der Waals surface area contributed by atoms with Crippen LogP contribution < -0.4 is 4.90 Å². The molecule has 1 aromatic heterocycles. The molecule has 0 unspecified atom stereocenters. The minimum absolute atomic E-state index is 0.0286. The van der Waals surface area contributed by atoms with Crippen LogP contribution in [0.15, 0.2) is 30.6 Å². The monoisotopic (exact) mass is 419 g/mol. The van der Waals surface area contributed by atoms with E-state index in [0.29, 0.717) is 12.1 Å². The van der Waals surface area contributed by atoms with Crippen molar-refractivity contribution in [2.75, 3.05) is 38.1 Å². The van der Waals surface area contributed by atoms with Crippen LogP contribution in [0.4, 0.5) is 5.95 Å². The van der Waals surface area contributed by atoms with Gasteiger partial charge in [0.15, 0.2) is 0 Å². The number of carbonyl (C=O) groups is 1. The second-order valence-electron chi connectivity index (χ2n) is 9.35. The molecule has 2 aromatic rings. The van der Waals surface area contributed by atoms with E-state index in [0.717, 1.165) is 44.5 Å². The molecule has 1 saturated heterocycles. The van der Waals surface area contributed by atoms with Gasteiger partial charge < -0.3 is 9.80 Å². The standard InChI is InChI=1S/C25H33N5O/c1-28(24(31)22-16-26-25(27-17-22)30-11-2-3-12-30)18-19-7-8-20-9-13-29(23-5-4-6-23)14-10-21(20)15-19/h7-8,15-17,23H,2-6,9-14,18H2,1H3. The number of anilines is 1. The number of benzene rings is 1. The fourth-order valence-corrected chi connectivity index (χ4v) is 5.09. The molecule has 0 bridgehead atoms. The Kier molecular flexibility index (Phi) is 5.90. The van der Waals surface area contributed by atoms with Crippen molar-refractivity contribution in [3.8, 4) is 0 Å². The van der Waals surface area contributed by atoms with Crippen molar-refractivity contribution in [3.63, 3.8) is 0 Å². The largest absolute Gasteiger partial charge is 0.341 e. The van der Waals surface area contributed by atoms with E-state index in [2.05, 4.69) is 38.0 Å². The zero-order chi connectivity index (χ0) is 21.2. The van der Waals surface area contributed by atoms with Gasteiger partial charge in [-0.15, -0.1) is 0 Å². The molecule has 2 fully saturated rings. The number of rotatable bonds is 5. The maximum atomic E-state index is 12.9. The van der Waals surface area contributed by atoms with Gasteiger partial charge in [0.25, 0.3) is 5.91 Å². The van der Waals surface area contributed by atoms with Crippen molar-refractivity contribution in [1.82, 2.24) is 19.8 Å². The quantitative estimate of drug-likeness (QED) is 0.744. The average molecular weight is 420 g/mol. The van der Waals surface area contributed by atoms with Crippen LogP contribution >= 0.6 is 0 Å². The summed E-state index contributed by atoms with van der Waals surface area (Å²) in [6, 6.07) is 7.60. The molecule has 0 radical (unpaired) electrons. The Hall–Kier alpha value is -2.47. The molecule has 1 aliphatic carbocycles. The first-order valence-electron chi connectivity index (χ1n) is 11.8. The van der Waals surface area contributed by atoms with E-state index in [9.17, 15) is 4.79 Å². The van der Waals surface area contributed by atoms with Crippen molar-refractivity contribution in [1.29, 1.82) is 0 Å². The van der Waals surface area contributed by atoms with E-state index in [1.54, 1.807) is 17.3 Å². The summed E-state index contributed by atoms with van der Waals surface area (Å²) in [5, 5.41) is 0. The Morgan fingerprint density at radius 2 is 1.71 bits per heavy atom. The van der Waals surface area contributed by atoms with E-state index in [1.807, 2.05) is 7.05 Å². The number of amides is 1. The van der Waals surface area contributed by atoms with Crippen LogP contribution in [0, 0.1) is 0 Å². The Morgan fingerprint density at radius 3 is 2.39 bits per heavy atom. The van der Waals surface area contributed by atoms with Gasteiger partial charge in [0.1, 0.15) is 0 Å². The number of carbonyl (C=O) groups excluding carboxylic acids is 1. The third kappa shape index (κ3) is 4.45. The molecule has 6 heteroatoms. The van der Waals surface area contributed by atoms with Gasteiger partial charge in [-0.25, -0.2) is 9.97 Å². The summed E-state index contributed by atoms with van der Waals surface area (Å²) in [5.41, 5.74) is 4.68. The fraction of sp³-hybridized carbons (Fsp3) is 0.560. The molecule has 5 rings (SSSR count). The predicted molar refractivity (Wildman–Crippen MR) is 122 cm³/mol. The van der Waals surface area contributed by atoms with E-state index in [1.165, 1.54) is 55.3 Å². The maximum Gasteiger partial charge on any atom is 0.257 e. The van der Waals surface area contributed by atoms with Gasteiger partial charge >= 0.3 is 0 Å². The highest BCUT2D eigenvalue weighted by Gasteiger charge is 2.26. The van der Waals surface area contributed by atoms with Crippen LogP contribution in [-0.2, 0) is 19.4 Å². The lowest BCUT2D eigenvalue weighted by atomic mass is 9.91. The van der Waals surface area contributed by atoms with Gasteiger partial charge in [-0.05, 0) is 55.2 Å². The van der Waals surface area contributed by atoms with Crippen molar-refractivity contribution in [2.45, 2.75) is 57.5 Å². The molecule has 1 amide bonds. The lowest BCUT2D eigenvalue weighted by Crippen LogP contribution is -2.41. The smallest absolute Gasteiger partial charge is 0.257 e. The van der Waals surface area contributed by atoms with Crippen molar-refractivity contribution in [2.24, 2.45) is 0 Å². The third-order valence-corrected chi connectivity index (χ3v) is 7.24. The third-order valence-electron chi connectivity index (χ3n) is 7.24. The summed E-state index contributed by atoms with van der Waals surface area (Å²) in [6.07, 6.45) is 12.1. The van der Waals surface area contributed by atoms with E-state index < -0.39 is 0 Å². The number of aromatic nitrogens is 2. The topological polar surface area (TPSA) is 52.6 Å². The molecule has 3 aliphatic rings. The number of hydrogen-bond donors (Lipinski definition) is 0. The molecule has 0 N–H and O–H groups in total. The van der Waals surface area contributed by atoms with E-state index in [-0.39, 0.29) is 5.91 Å². The zero-order valence-corrected chi connectivity index (χ0v) is 18.6. The summed E-state index contributed by atoms with van der Waals surface area (Å²) in [5.74, 6) is 0.706. The van der Waals surface area contributed by atoms with E-state index >= 15 is 0 Å². The molecule has 164 valence electrons. The van der Waals surface area contributed by atoms with Crippen LogP contribution in [-0.4, -0.2) is 64.9 Å². The van der Waals surface area contributed by atoms with Crippen LogP contribution in [0.25, 0.3) is 0 Å². The van der Waals surface area contributed by atoms with Gasteiger partial charge in [0.05, 0.1) is 5.56 Å². The molecule has 2 aliphatic heterocycles. The van der Waals surface area contributed by atoms with Gasteiger partial charge in [0, 0.05) is 58.2 Å². The van der Waals surface area contributed by atoms with Crippen LogP contribution in [0.5, 0.6) is 0 Å². The summed E-state index contributed by atoms with van der Waals surface area (Å²) in [6.45, 7) is 4.96. The van der Waals surface area contributed by atoms with Crippen LogP contribution in [0.3, 0.4) is 0 Å². The maximum absolute atomic E-state index is 12.9. The Morgan fingerprint density at radius 1 is 1.00 bits per heavy atom. The Labute approximate surface area is 185 Å². The number of fused-ring (bicyclic) bond motifs is 1. The fourth-order valence-electron chi connectivity index (χ4n) is 5.09. The zero-order valence-electron chi connectivity index (χ0n) is 18.6. The molecule has 3 heterocycles. The van der Waals surface area contributed by atoms with Gasteiger partial charge in [-0.1, -0.05) is 24.6 Å². The second-order valence-corrected chi connectivity index (χ2v) is 9.35. The van der Waals surface area contributed by atoms with Gasteiger partial charge in [0.2, 0.25) is 5.95 Å². The first-order chi connectivity index (χ1) is 15.2. The molecule has 1 aromatic carbocycles. The minimum Gasteiger partial charge on any atom is -0.341 e. The molecule has 0 spiro atoms. The molecule has 0 atom stereocenters. The van der Waals surface area contributed by atoms with Gasteiger partial charge in [-0.3, -0.25) is 9.69 Å². The van der Waals surface area contributed by atoms with Gasteiger partial charge in [-0.2, -0.15) is 0 Å². The van der Waals surface area contributed by atoms with Crippen LogP contribution in [0.1, 0.15) is 59.2 Å². The Balaban J connectivity index is 1.21. The minimum atomic E-state index is -0.0286. The highest BCUT2D eigenvalue weighted by molar-refractivity contribution is 5.93. The summed E-state index contributed by atoms with van der Waals surface area (Å²) in [4.78, 5) is 28.4. The molecular weight excluding hydrogens is 386 g/mol. The highest BCUT2D eigenvalue weighted by atomic mass is 16.2. The highest BCUT2D eigenvalue weighted by Crippen LogP contribution is 2.28. The summed E-state index contributed by atoms with van der Waals surface area (Å²) >= 11 is 0. The molecular formula is C25H33N5O. The summed E-state index contributed by atoms with van der Waals surface area (Å²) < 4.78 is 0. The first kappa shape index (κ1) is 20.4. The SMILES string of the molecule is CN(Cc1ccc2c(c1)CCN(C1CCC1)CC2)C(=O)c1cnc(N2CCCC2)nc1. The lowest BCUT2D eigenvalue weighted by molar-refractivity contribution is 0.0784. The lowest BCUT2D eigenvalue weighted by Gasteiger charge is -2.36. The van der Waals surface area contributed by atoms with E-state index in [4.69, 9.17) is 0 Å². The first-order valence-corrected chi connectivity index (χ1v) is 11.8. The average Bonchev–Trinajstić information content (AvgIpc) is 3.22. The predicted octanol–water partition coefficient (Wildman–Crippen LogP) is 3.30. The number of nitrogens with zero attached hydrogens (tertiary/aromatic N) is 5. The molecule has 6 nitrogen and oxygen atoms in total. The second kappa shape index (κ2) is 8.95. The van der Waals surface area contributed by atoms with Crippen molar-refractivity contribution < 1.29 is 4.79 Å². The van der Waals surface area contributed by atoms with Crippen molar-refractivity contribution in [3.05, 3.63) is 52.8 Å². The molecule has 31 heavy (non-hydrogen) atoms. The Bertz CT molecular complexity index is 918.